The fraction of sp³-hybridized carbons (Fsp3) is 0.318. The number of halogens is 1. The maximum absolute atomic E-state index is 13.1. The monoisotopic (exact) mass is 410 g/mol. The van der Waals surface area contributed by atoms with E-state index in [4.69, 9.17) is 0 Å². The van der Waals surface area contributed by atoms with Gasteiger partial charge in [-0.3, -0.25) is 20.0 Å². The Morgan fingerprint density at radius 1 is 1.13 bits per heavy atom. The number of fused-ring (bicyclic) bond motifs is 1. The molecule has 0 radical (unpaired) electrons. The van der Waals surface area contributed by atoms with Gasteiger partial charge >= 0.3 is 0 Å². The zero-order valence-corrected chi connectivity index (χ0v) is 16.4. The van der Waals surface area contributed by atoms with Gasteiger partial charge in [-0.25, -0.2) is 9.40 Å². The number of hydrogen-bond donors (Lipinski definition) is 3. The average molecular weight is 410 g/mol. The third-order valence-electron chi connectivity index (χ3n) is 5.29. The number of hydrazine groups is 1. The van der Waals surface area contributed by atoms with E-state index in [-0.39, 0.29) is 16.9 Å². The molecule has 1 saturated heterocycles. The third-order valence-corrected chi connectivity index (χ3v) is 5.29. The van der Waals surface area contributed by atoms with Crippen LogP contribution in [-0.4, -0.2) is 39.1 Å². The number of aromatic amines is 1. The Bertz CT molecular complexity index is 1120. The first-order valence-electron chi connectivity index (χ1n) is 10.1. The number of nitrogens with one attached hydrogen (secondary N) is 2. The molecule has 3 N–H and O–H groups in total. The number of hydrogen-bond acceptors (Lipinski definition) is 5. The van der Waals surface area contributed by atoms with Crippen molar-refractivity contribution in [3.05, 3.63) is 69.4 Å². The van der Waals surface area contributed by atoms with Crippen molar-refractivity contribution in [2.24, 2.45) is 0 Å². The molecule has 0 bridgehead atoms. The number of nitrogens with zero attached hydrogens (tertiary/aromatic N) is 2. The average Bonchev–Trinajstić information content (AvgIpc) is 2.98. The fourth-order valence-corrected chi connectivity index (χ4v) is 3.73. The second kappa shape index (κ2) is 8.62. The summed E-state index contributed by atoms with van der Waals surface area (Å²) in [6.07, 6.45) is 6.22. The first kappa shape index (κ1) is 20.0. The maximum atomic E-state index is 13.1. The molecule has 1 aliphatic rings. The molecule has 0 unspecified atom stereocenters. The van der Waals surface area contributed by atoms with Gasteiger partial charge in [-0.05, 0) is 48.6 Å². The molecular formula is C22H23FN4O3. The van der Waals surface area contributed by atoms with Gasteiger partial charge in [0.25, 0.3) is 11.5 Å². The van der Waals surface area contributed by atoms with Gasteiger partial charge in [-0.2, -0.15) is 0 Å². The Kier molecular flexibility index (Phi) is 5.76. The lowest BCUT2D eigenvalue weighted by Gasteiger charge is -2.20. The number of amides is 1. The van der Waals surface area contributed by atoms with Crippen LogP contribution in [0.4, 0.5) is 4.39 Å². The molecule has 1 aromatic carbocycles. The number of aromatic hydroxyl groups is 1. The normalized spacial score (nSPS) is 15.1. The minimum atomic E-state index is -0.673. The van der Waals surface area contributed by atoms with E-state index < -0.39 is 17.2 Å². The zero-order chi connectivity index (χ0) is 21.1. The van der Waals surface area contributed by atoms with Gasteiger partial charge < -0.3 is 10.1 Å². The van der Waals surface area contributed by atoms with Crippen molar-refractivity contribution in [3.8, 4) is 5.75 Å². The van der Waals surface area contributed by atoms with E-state index in [1.165, 1.54) is 12.1 Å². The summed E-state index contributed by atoms with van der Waals surface area (Å²) < 4.78 is 13.1. The van der Waals surface area contributed by atoms with Crippen LogP contribution in [0, 0.1) is 5.82 Å². The van der Waals surface area contributed by atoms with Crippen LogP contribution in [0.3, 0.4) is 0 Å². The van der Waals surface area contributed by atoms with Crippen molar-refractivity contribution >= 4 is 16.9 Å². The number of carbonyl (C=O) groups is 1. The molecule has 1 amide bonds. The lowest BCUT2D eigenvalue weighted by atomic mass is 10.1. The summed E-state index contributed by atoms with van der Waals surface area (Å²) >= 11 is 0. The molecule has 30 heavy (non-hydrogen) atoms. The standard InChI is InChI=1S/C22H23FN4O3/c23-16-7-5-14(6-8-16)11-15-12-17-19(24-13-15)20(28)18(21(29)25-17)22(30)26-27-9-3-1-2-4-10-27/h5-8,12-13H,1-4,9-11H2,(H,26,30)(H2,25,28,29). The van der Waals surface area contributed by atoms with Crippen molar-refractivity contribution in [2.45, 2.75) is 32.1 Å². The third kappa shape index (κ3) is 4.33. The topological polar surface area (TPSA) is 98.3 Å². The molecule has 3 heterocycles. The molecule has 1 aliphatic heterocycles. The Hall–Kier alpha value is -3.26. The largest absolute Gasteiger partial charge is 0.505 e. The van der Waals surface area contributed by atoms with Crippen molar-refractivity contribution in [2.75, 3.05) is 13.1 Å². The van der Waals surface area contributed by atoms with Gasteiger partial charge in [0.2, 0.25) is 0 Å². The summed E-state index contributed by atoms with van der Waals surface area (Å²) in [4.78, 5) is 32.1. The summed E-state index contributed by atoms with van der Waals surface area (Å²) in [6, 6.07) is 7.81. The Balaban J connectivity index is 1.60. The van der Waals surface area contributed by atoms with Crippen LogP contribution < -0.4 is 11.0 Å². The smallest absolute Gasteiger partial charge is 0.275 e. The van der Waals surface area contributed by atoms with E-state index in [0.29, 0.717) is 25.0 Å². The van der Waals surface area contributed by atoms with Gasteiger partial charge in [0.05, 0.1) is 5.52 Å². The van der Waals surface area contributed by atoms with E-state index in [9.17, 15) is 19.1 Å². The molecule has 3 aromatic rings. The van der Waals surface area contributed by atoms with Crippen molar-refractivity contribution in [1.82, 2.24) is 20.4 Å². The molecule has 0 atom stereocenters. The second-order valence-electron chi connectivity index (χ2n) is 7.56. The molecule has 7 nitrogen and oxygen atoms in total. The molecule has 156 valence electrons. The highest BCUT2D eigenvalue weighted by Gasteiger charge is 2.22. The predicted molar refractivity (Wildman–Crippen MR) is 111 cm³/mol. The van der Waals surface area contributed by atoms with Crippen LogP contribution in [0.1, 0.15) is 47.2 Å². The lowest BCUT2D eigenvalue weighted by molar-refractivity contribution is 0.0790. The molecule has 0 aliphatic carbocycles. The molecule has 4 rings (SSSR count). The van der Waals surface area contributed by atoms with E-state index in [0.717, 1.165) is 36.8 Å². The molecule has 8 heteroatoms. The Labute approximate surface area is 172 Å². The fourth-order valence-electron chi connectivity index (χ4n) is 3.73. The van der Waals surface area contributed by atoms with Gasteiger partial charge in [-0.15, -0.1) is 0 Å². The van der Waals surface area contributed by atoms with Crippen LogP contribution in [0.2, 0.25) is 0 Å². The van der Waals surface area contributed by atoms with Crippen molar-refractivity contribution in [1.29, 1.82) is 0 Å². The second-order valence-corrected chi connectivity index (χ2v) is 7.56. The zero-order valence-electron chi connectivity index (χ0n) is 16.4. The molecule has 2 aromatic heterocycles. The minimum Gasteiger partial charge on any atom is -0.505 e. The van der Waals surface area contributed by atoms with E-state index in [1.807, 2.05) is 0 Å². The number of carbonyl (C=O) groups excluding carboxylic acids is 1. The SMILES string of the molecule is O=C(NN1CCCCCC1)c1c(O)c2ncc(Cc3ccc(F)cc3)cc2[nH]c1=O. The van der Waals surface area contributed by atoms with Crippen LogP contribution in [-0.2, 0) is 6.42 Å². The first-order chi connectivity index (χ1) is 14.5. The summed E-state index contributed by atoms with van der Waals surface area (Å²) in [5.41, 5.74) is 3.87. The number of H-pyrrole nitrogens is 1. The number of rotatable bonds is 4. The molecule has 0 saturated carbocycles. The lowest BCUT2D eigenvalue weighted by Crippen LogP contribution is -2.44. The van der Waals surface area contributed by atoms with Crippen LogP contribution >= 0.6 is 0 Å². The van der Waals surface area contributed by atoms with Crippen molar-refractivity contribution < 1.29 is 14.3 Å². The van der Waals surface area contributed by atoms with Gasteiger partial charge in [0.15, 0.2) is 5.75 Å². The van der Waals surface area contributed by atoms with E-state index in [1.54, 1.807) is 29.4 Å². The summed E-state index contributed by atoms with van der Waals surface area (Å²) in [5.74, 6) is -1.39. The highest BCUT2D eigenvalue weighted by Crippen LogP contribution is 2.24. The van der Waals surface area contributed by atoms with Crippen molar-refractivity contribution in [3.63, 3.8) is 0 Å². The first-order valence-corrected chi connectivity index (χ1v) is 10.1. The number of aromatic nitrogens is 2. The van der Waals surface area contributed by atoms with E-state index >= 15 is 0 Å². The quantitative estimate of drug-likeness (QED) is 0.614. The number of benzene rings is 1. The summed E-state index contributed by atoms with van der Waals surface area (Å²) in [5, 5.41) is 12.4. The summed E-state index contributed by atoms with van der Waals surface area (Å²) in [7, 11) is 0. The minimum absolute atomic E-state index is 0.151. The Morgan fingerprint density at radius 3 is 2.53 bits per heavy atom. The summed E-state index contributed by atoms with van der Waals surface area (Å²) in [6.45, 7) is 1.42. The van der Waals surface area contributed by atoms with E-state index in [2.05, 4.69) is 15.4 Å². The predicted octanol–water partition coefficient (Wildman–Crippen LogP) is 2.88. The molecular weight excluding hydrogens is 387 g/mol. The van der Waals surface area contributed by atoms with Crippen LogP contribution in [0.5, 0.6) is 5.75 Å². The highest BCUT2D eigenvalue weighted by atomic mass is 19.1. The van der Waals surface area contributed by atoms with Crippen LogP contribution in [0.25, 0.3) is 11.0 Å². The highest BCUT2D eigenvalue weighted by molar-refractivity contribution is 6.00. The molecule has 0 spiro atoms. The number of pyridine rings is 2. The molecule has 1 fully saturated rings. The maximum Gasteiger partial charge on any atom is 0.275 e. The van der Waals surface area contributed by atoms with Crippen LogP contribution in [0.15, 0.2) is 41.3 Å². The van der Waals surface area contributed by atoms with Gasteiger partial charge in [-0.1, -0.05) is 25.0 Å². The van der Waals surface area contributed by atoms with Gasteiger partial charge in [0, 0.05) is 19.3 Å². The van der Waals surface area contributed by atoms with Gasteiger partial charge in [0.1, 0.15) is 16.9 Å². The Morgan fingerprint density at radius 2 is 1.83 bits per heavy atom.